The third-order valence-corrected chi connectivity index (χ3v) is 2.46. The molecule has 0 aromatic heterocycles. The first kappa shape index (κ1) is 15.1. The smallest absolute Gasteiger partial charge is 0.421 e. The first-order chi connectivity index (χ1) is 7.37. The van der Waals surface area contributed by atoms with Gasteiger partial charge < -0.3 is 15.2 Å². The minimum atomic E-state index is -3.87. The molecule has 9 heteroatoms. The van der Waals surface area contributed by atoms with E-state index < -0.39 is 22.4 Å². The number of aliphatic hydroxyl groups excluding tert-OH is 1. The van der Waals surface area contributed by atoms with E-state index in [1.54, 1.807) is 11.6 Å². The normalized spacial score (nSPS) is 13.2. The number of carbonyl (C=O) groups is 1. The van der Waals surface area contributed by atoms with E-state index >= 15 is 0 Å². The summed E-state index contributed by atoms with van der Waals surface area (Å²) in [5.74, 6) is 0. The van der Waals surface area contributed by atoms with Crippen molar-refractivity contribution in [3.05, 3.63) is 0 Å². The van der Waals surface area contributed by atoms with Crippen LogP contribution in [0.5, 0.6) is 0 Å². The third kappa shape index (κ3) is 8.41. The molecule has 96 valence electrons. The van der Waals surface area contributed by atoms with Crippen LogP contribution in [0.2, 0.25) is 0 Å². The Balaban J connectivity index is 3.71. The van der Waals surface area contributed by atoms with Gasteiger partial charge in [0.1, 0.15) is 0 Å². The van der Waals surface area contributed by atoms with Crippen molar-refractivity contribution in [1.82, 2.24) is 14.8 Å². The molecule has 0 saturated carbocycles. The lowest BCUT2D eigenvalue weighted by atomic mass is 10.4. The number of amides is 1. The molecule has 1 unspecified atom stereocenters. The molecule has 0 heterocycles. The highest BCUT2D eigenvalue weighted by Crippen LogP contribution is 1.79. The SMILES string of the molecule is COC(=O)NS(=O)(=O)NCCNCC(C)O. The van der Waals surface area contributed by atoms with Crippen LogP contribution in [0.1, 0.15) is 6.92 Å². The molecule has 0 aliphatic carbocycles. The largest absolute Gasteiger partial charge is 0.452 e. The summed E-state index contributed by atoms with van der Waals surface area (Å²) < 4.78 is 30.1. The quantitative estimate of drug-likeness (QED) is 0.397. The molecule has 0 radical (unpaired) electrons. The van der Waals surface area contributed by atoms with Crippen LogP contribution in [-0.4, -0.2) is 52.5 Å². The Labute approximate surface area is 94.5 Å². The van der Waals surface area contributed by atoms with Crippen molar-refractivity contribution in [2.75, 3.05) is 26.7 Å². The van der Waals surface area contributed by atoms with Crippen LogP contribution >= 0.6 is 0 Å². The summed E-state index contributed by atoms with van der Waals surface area (Å²) in [7, 11) is -2.81. The standard InChI is InChI=1S/C7H17N3O5S/c1-6(11)5-8-3-4-9-16(13,14)10-7(12)15-2/h6,8-9,11H,3-5H2,1-2H3,(H,10,12). The first-order valence-corrected chi connectivity index (χ1v) is 6.10. The Bertz CT molecular complexity index is 303. The monoisotopic (exact) mass is 255 g/mol. The van der Waals surface area contributed by atoms with E-state index in [4.69, 9.17) is 5.11 Å². The number of ether oxygens (including phenoxy) is 1. The van der Waals surface area contributed by atoms with Crippen LogP contribution in [0, 0.1) is 0 Å². The van der Waals surface area contributed by atoms with E-state index in [2.05, 4.69) is 14.8 Å². The molecule has 16 heavy (non-hydrogen) atoms. The molecule has 0 saturated heterocycles. The summed E-state index contributed by atoms with van der Waals surface area (Å²) in [6, 6.07) is 0. The summed E-state index contributed by atoms with van der Waals surface area (Å²) in [6.07, 6.45) is -1.55. The topological polar surface area (TPSA) is 117 Å². The van der Waals surface area contributed by atoms with Crippen molar-refractivity contribution in [2.45, 2.75) is 13.0 Å². The maximum atomic E-state index is 11.1. The zero-order valence-corrected chi connectivity index (χ0v) is 10.0. The second-order valence-electron chi connectivity index (χ2n) is 3.04. The number of nitrogens with one attached hydrogen (secondary N) is 3. The Morgan fingerprint density at radius 1 is 1.44 bits per heavy atom. The first-order valence-electron chi connectivity index (χ1n) is 4.61. The lowest BCUT2D eigenvalue weighted by molar-refractivity contribution is 0.177. The minimum Gasteiger partial charge on any atom is -0.452 e. The fourth-order valence-corrected chi connectivity index (χ4v) is 1.52. The Kier molecular flexibility index (Phi) is 6.97. The lowest BCUT2D eigenvalue weighted by Crippen LogP contribution is -2.43. The molecule has 4 N–H and O–H groups in total. The van der Waals surface area contributed by atoms with Crippen LogP contribution < -0.4 is 14.8 Å². The second kappa shape index (κ2) is 7.39. The fraction of sp³-hybridized carbons (Fsp3) is 0.857. The van der Waals surface area contributed by atoms with Gasteiger partial charge in [0.25, 0.3) is 0 Å². The summed E-state index contributed by atoms with van der Waals surface area (Å²) in [6.45, 7) is 2.41. The maximum absolute atomic E-state index is 11.1. The predicted molar refractivity (Wildman–Crippen MR) is 57.0 cm³/mol. The highest BCUT2D eigenvalue weighted by atomic mass is 32.2. The van der Waals surface area contributed by atoms with Crippen LogP contribution in [-0.2, 0) is 14.9 Å². The van der Waals surface area contributed by atoms with Gasteiger partial charge in [0.15, 0.2) is 0 Å². The van der Waals surface area contributed by atoms with Crippen LogP contribution in [0.15, 0.2) is 0 Å². The molecular formula is C7H17N3O5S. The number of aliphatic hydroxyl groups is 1. The van der Waals surface area contributed by atoms with Crippen LogP contribution in [0.25, 0.3) is 0 Å². The van der Waals surface area contributed by atoms with Crippen LogP contribution in [0.4, 0.5) is 4.79 Å². The van der Waals surface area contributed by atoms with Crippen molar-refractivity contribution in [1.29, 1.82) is 0 Å². The molecule has 8 nitrogen and oxygen atoms in total. The predicted octanol–water partition coefficient (Wildman–Crippen LogP) is -1.85. The maximum Gasteiger partial charge on any atom is 0.421 e. The third-order valence-electron chi connectivity index (χ3n) is 1.44. The number of methoxy groups -OCH3 is 1. The number of hydrogen-bond donors (Lipinski definition) is 4. The van der Waals surface area contributed by atoms with Gasteiger partial charge in [0, 0.05) is 19.6 Å². The Morgan fingerprint density at radius 3 is 2.56 bits per heavy atom. The van der Waals surface area contributed by atoms with Gasteiger partial charge in [-0.15, -0.1) is 0 Å². The van der Waals surface area contributed by atoms with Gasteiger partial charge in [-0.05, 0) is 6.92 Å². The number of hydrogen-bond acceptors (Lipinski definition) is 6. The van der Waals surface area contributed by atoms with Gasteiger partial charge in [-0.1, -0.05) is 0 Å². The zero-order chi connectivity index (χ0) is 12.6. The lowest BCUT2D eigenvalue weighted by Gasteiger charge is -2.09. The van der Waals surface area contributed by atoms with Gasteiger partial charge >= 0.3 is 16.3 Å². The molecule has 0 fully saturated rings. The Hall–Kier alpha value is -0.900. The van der Waals surface area contributed by atoms with E-state index in [9.17, 15) is 13.2 Å². The molecule has 1 amide bonds. The van der Waals surface area contributed by atoms with Gasteiger partial charge in [0.05, 0.1) is 13.2 Å². The highest BCUT2D eigenvalue weighted by Gasteiger charge is 2.12. The van der Waals surface area contributed by atoms with Gasteiger partial charge in [-0.2, -0.15) is 13.1 Å². The van der Waals surface area contributed by atoms with Gasteiger partial charge in [0.2, 0.25) is 0 Å². The molecule has 0 rings (SSSR count). The molecule has 0 aromatic rings. The summed E-state index contributed by atoms with van der Waals surface area (Å²) in [5.41, 5.74) is 0. The van der Waals surface area contributed by atoms with Crippen molar-refractivity contribution in [2.24, 2.45) is 0 Å². The zero-order valence-electron chi connectivity index (χ0n) is 9.19. The van der Waals surface area contributed by atoms with E-state index in [1.807, 2.05) is 0 Å². The van der Waals surface area contributed by atoms with Crippen molar-refractivity contribution >= 4 is 16.3 Å². The highest BCUT2D eigenvalue weighted by molar-refractivity contribution is 7.88. The summed E-state index contributed by atoms with van der Waals surface area (Å²) in [5, 5.41) is 11.7. The second-order valence-corrected chi connectivity index (χ2v) is 4.54. The van der Waals surface area contributed by atoms with Gasteiger partial charge in [-0.25, -0.2) is 9.52 Å². The Morgan fingerprint density at radius 2 is 2.06 bits per heavy atom. The number of carbonyl (C=O) groups excluding carboxylic acids is 1. The van der Waals surface area contributed by atoms with Crippen LogP contribution in [0.3, 0.4) is 0 Å². The number of rotatable bonds is 7. The molecular weight excluding hydrogens is 238 g/mol. The van der Waals surface area contributed by atoms with E-state index in [1.165, 1.54) is 0 Å². The molecule has 0 aromatic carbocycles. The van der Waals surface area contributed by atoms with E-state index in [0.717, 1.165) is 7.11 Å². The summed E-state index contributed by atoms with van der Waals surface area (Å²) >= 11 is 0. The average Bonchev–Trinajstić information content (AvgIpc) is 2.15. The molecule has 1 atom stereocenters. The molecule has 0 bridgehead atoms. The van der Waals surface area contributed by atoms with Crippen molar-refractivity contribution in [3.8, 4) is 0 Å². The van der Waals surface area contributed by atoms with Gasteiger partial charge in [-0.3, -0.25) is 0 Å². The molecule has 0 aliphatic heterocycles. The average molecular weight is 255 g/mol. The van der Waals surface area contributed by atoms with E-state index in [0.29, 0.717) is 13.1 Å². The van der Waals surface area contributed by atoms with E-state index in [-0.39, 0.29) is 6.54 Å². The summed E-state index contributed by atoms with van der Waals surface area (Å²) in [4.78, 5) is 10.6. The van der Waals surface area contributed by atoms with Crippen molar-refractivity contribution < 1.29 is 23.1 Å². The minimum absolute atomic E-state index is 0.0963. The van der Waals surface area contributed by atoms with Crippen molar-refractivity contribution in [3.63, 3.8) is 0 Å². The molecule has 0 aliphatic rings. The fourth-order valence-electron chi connectivity index (χ4n) is 0.772. The molecule has 0 spiro atoms.